The SMILES string of the molecule is COc1cc(C)cc(Br)c1C1C(=O)OC2(CCN(OC)CC2)C1=O. The molecule has 1 aromatic carbocycles. The number of hydrogen-bond acceptors (Lipinski definition) is 6. The van der Waals surface area contributed by atoms with Gasteiger partial charge in [-0.05, 0) is 24.6 Å². The lowest BCUT2D eigenvalue weighted by molar-refractivity contribution is -0.184. The van der Waals surface area contributed by atoms with Gasteiger partial charge in [0.05, 0.1) is 14.2 Å². The van der Waals surface area contributed by atoms with Gasteiger partial charge in [-0.2, -0.15) is 5.06 Å². The van der Waals surface area contributed by atoms with Crippen LogP contribution < -0.4 is 4.74 Å². The van der Waals surface area contributed by atoms with E-state index < -0.39 is 17.5 Å². The molecule has 0 aliphatic carbocycles. The number of carbonyl (C=O) groups is 2. The van der Waals surface area contributed by atoms with Crippen molar-refractivity contribution in [1.82, 2.24) is 5.06 Å². The summed E-state index contributed by atoms with van der Waals surface area (Å²) in [6, 6.07) is 3.69. The van der Waals surface area contributed by atoms with E-state index in [2.05, 4.69) is 15.9 Å². The van der Waals surface area contributed by atoms with Gasteiger partial charge in [-0.25, -0.2) is 0 Å². The molecule has 0 aromatic heterocycles. The van der Waals surface area contributed by atoms with E-state index in [9.17, 15) is 9.59 Å². The molecule has 0 N–H and O–H groups in total. The smallest absolute Gasteiger partial charge is 0.322 e. The summed E-state index contributed by atoms with van der Waals surface area (Å²) >= 11 is 3.47. The number of nitrogens with zero attached hydrogens (tertiary/aromatic N) is 1. The molecule has 1 spiro atoms. The lowest BCUT2D eigenvalue weighted by Crippen LogP contribution is -2.48. The number of benzene rings is 1. The highest BCUT2D eigenvalue weighted by Crippen LogP contribution is 2.45. The number of halogens is 1. The Morgan fingerprint density at radius 3 is 2.50 bits per heavy atom. The minimum Gasteiger partial charge on any atom is -0.496 e. The van der Waals surface area contributed by atoms with Gasteiger partial charge in [0.15, 0.2) is 11.4 Å². The molecule has 0 bridgehead atoms. The van der Waals surface area contributed by atoms with Crippen LogP contribution >= 0.6 is 15.9 Å². The summed E-state index contributed by atoms with van der Waals surface area (Å²) in [5, 5.41) is 1.77. The number of Topliss-reactive ketones (excluding diaryl/α,β-unsaturated/α-hetero) is 1. The highest BCUT2D eigenvalue weighted by atomic mass is 79.9. The fourth-order valence-corrected chi connectivity index (χ4v) is 4.26. The second kappa shape index (κ2) is 6.46. The van der Waals surface area contributed by atoms with Crippen LogP contribution in [0.3, 0.4) is 0 Å². The van der Waals surface area contributed by atoms with Gasteiger partial charge in [-0.3, -0.25) is 9.59 Å². The molecule has 6 nitrogen and oxygen atoms in total. The van der Waals surface area contributed by atoms with Crippen LogP contribution in [0, 0.1) is 6.92 Å². The van der Waals surface area contributed by atoms with E-state index in [1.54, 1.807) is 12.2 Å². The molecule has 2 fully saturated rings. The molecule has 2 aliphatic heterocycles. The van der Waals surface area contributed by atoms with Crippen LogP contribution in [0.25, 0.3) is 0 Å². The van der Waals surface area contributed by atoms with E-state index >= 15 is 0 Å². The Bertz CT molecular complexity index is 682. The first-order chi connectivity index (χ1) is 11.4. The number of ketones is 1. The van der Waals surface area contributed by atoms with Crippen LogP contribution in [0.15, 0.2) is 16.6 Å². The number of hydroxylamine groups is 2. The first kappa shape index (κ1) is 17.4. The number of aryl methyl sites for hydroxylation is 1. The van der Waals surface area contributed by atoms with E-state index in [4.69, 9.17) is 14.3 Å². The van der Waals surface area contributed by atoms with E-state index in [0.29, 0.717) is 41.7 Å². The van der Waals surface area contributed by atoms with Gasteiger partial charge in [0.25, 0.3) is 0 Å². The van der Waals surface area contributed by atoms with Gasteiger partial charge in [-0.1, -0.05) is 15.9 Å². The van der Waals surface area contributed by atoms with Gasteiger partial charge >= 0.3 is 5.97 Å². The Morgan fingerprint density at radius 2 is 1.92 bits per heavy atom. The number of esters is 1. The first-order valence-electron chi connectivity index (χ1n) is 7.82. The second-order valence-electron chi connectivity index (χ2n) is 6.19. The van der Waals surface area contributed by atoms with Crippen molar-refractivity contribution in [3.63, 3.8) is 0 Å². The maximum Gasteiger partial charge on any atom is 0.322 e. The Hall–Kier alpha value is -1.44. The van der Waals surface area contributed by atoms with Crippen LogP contribution in [-0.2, 0) is 19.2 Å². The summed E-state index contributed by atoms with van der Waals surface area (Å²) in [7, 11) is 3.12. The van der Waals surface area contributed by atoms with Gasteiger partial charge < -0.3 is 14.3 Å². The highest BCUT2D eigenvalue weighted by molar-refractivity contribution is 9.10. The minimum absolute atomic E-state index is 0.189. The molecule has 1 unspecified atom stereocenters. The lowest BCUT2D eigenvalue weighted by atomic mass is 9.81. The van der Waals surface area contributed by atoms with Gasteiger partial charge in [0, 0.05) is 36.0 Å². The van der Waals surface area contributed by atoms with Crippen molar-refractivity contribution in [2.75, 3.05) is 27.3 Å². The lowest BCUT2D eigenvalue weighted by Gasteiger charge is -2.35. The monoisotopic (exact) mass is 397 g/mol. The maximum absolute atomic E-state index is 13.1. The molecule has 2 aliphatic rings. The van der Waals surface area contributed by atoms with Crippen molar-refractivity contribution in [3.05, 3.63) is 27.7 Å². The topological polar surface area (TPSA) is 65.1 Å². The zero-order valence-corrected chi connectivity index (χ0v) is 15.5. The summed E-state index contributed by atoms with van der Waals surface area (Å²) in [6.45, 7) is 3.02. The quantitative estimate of drug-likeness (QED) is 0.576. The van der Waals surface area contributed by atoms with Crippen molar-refractivity contribution in [2.24, 2.45) is 0 Å². The largest absolute Gasteiger partial charge is 0.496 e. The first-order valence-corrected chi connectivity index (χ1v) is 8.61. The number of piperidine rings is 1. The van der Waals surface area contributed by atoms with Crippen molar-refractivity contribution in [2.45, 2.75) is 31.3 Å². The molecule has 7 heteroatoms. The molecular formula is C17H20BrNO5. The summed E-state index contributed by atoms with van der Waals surface area (Å²) in [6.07, 6.45) is 0.876. The van der Waals surface area contributed by atoms with Crippen LogP contribution in [0.1, 0.15) is 29.9 Å². The highest BCUT2D eigenvalue weighted by Gasteiger charge is 2.57. The molecule has 1 aromatic rings. The Balaban J connectivity index is 1.97. The fourth-order valence-electron chi connectivity index (χ4n) is 3.47. The van der Waals surface area contributed by atoms with E-state index in [1.165, 1.54) is 7.11 Å². The fraction of sp³-hybridized carbons (Fsp3) is 0.529. The summed E-state index contributed by atoms with van der Waals surface area (Å²) < 4.78 is 11.7. The predicted molar refractivity (Wildman–Crippen MR) is 89.8 cm³/mol. The zero-order chi connectivity index (χ0) is 17.5. The molecule has 130 valence electrons. The average Bonchev–Trinajstić information content (AvgIpc) is 2.79. The van der Waals surface area contributed by atoms with E-state index in [0.717, 1.165) is 5.56 Å². The van der Waals surface area contributed by atoms with Gasteiger partial charge in [0.1, 0.15) is 11.7 Å². The number of hydrogen-bond donors (Lipinski definition) is 0. The summed E-state index contributed by atoms with van der Waals surface area (Å²) in [5.74, 6) is -1.13. The summed E-state index contributed by atoms with van der Waals surface area (Å²) in [5.41, 5.74) is 0.472. The van der Waals surface area contributed by atoms with Crippen molar-refractivity contribution in [1.29, 1.82) is 0 Å². The van der Waals surface area contributed by atoms with E-state index in [-0.39, 0.29) is 5.78 Å². The zero-order valence-electron chi connectivity index (χ0n) is 13.9. The van der Waals surface area contributed by atoms with Crippen LogP contribution in [0.5, 0.6) is 5.75 Å². The number of ether oxygens (including phenoxy) is 2. The van der Waals surface area contributed by atoms with Crippen LogP contribution in [-0.4, -0.2) is 49.7 Å². The standard InChI is InChI=1S/C17H20BrNO5/c1-10-8-11(18)13(12(9-10)22-2)14-15(20)17(24-16(14)21)4-6-19(23-3)7-5-17/h8-9,14H,4-7H2,1-3H3. The second-order valence-corrected chi connectivity index (χ2v) is 7.04. The molecule has 3 rings (SSSR count). The Morgan fingerprint density at radius 1 is 1.25 bits per heavy atom. The predicted octanol–water partition coefficient (Wildman–Crippen LogP) is 2.37. The molecule has 0 saturated carbocycles. The molecule has 0 amide bonds. The Kier molecular flexibility index (Phi) is 4.68. The minimum atomic E-state index is -1.05. The normalized spacial score (nSPS) is 23.6. The molecule has 2 saturated heterocycles. The van der Waals surface area contributed by atoms with Crippen LogP contribution in [0.4, 0.5) is 0 Å². The molecule has 2 heterocycles. The van der Waals surface area contributed by atoms with Crippen molar-refractivity contribution >= 4 is 27.7 Å². The number of rotatable bonds is 3. The summed E-state index contributed by atoms with van der Waals surface area (Å²) in [4.78, 5) is 30.9. The third kappa shape index (κ3) is 2.74. The molecule has 24 heavy (non-hydrogen) atoms. The van der Waals surface area contributed by atoms with Crippen molar-refractivity contribution < 1.29 is 23.9 Å². The molecular weight excluding hydrogens is 378 g/mol. The third-order valence-electron chi connectivity index (χ3n) is 4.78. The Labute approximate surface area is 149 Å². The van der Waals surface area contributed by atoms with Crippen molar-refractivity contribution in [3.8, 4) is 5.75 Å². The maximum atomic E-state index is 13.1. The molecule has 0 radical (unpaired) electrons. The van der Waals surface area contributed by atoms with Gasteiger partial charge in [-0.15, -0.1) is 0 Å². The molecule has 1 atom stereocenters. The number of carbonyl (C=O) groups excluding carboxylic acids is 2. The number of methoxy groups -OCH3 is 1. The van der Waals surface area contributed by atoms with E-state index in [1.807, 2.05) is 19.1 Å². The average molecular weight is 398 g/mol. The van der Waals surface area contributed by atoms with Crippen LogP contribution in [0.2, 0.25) is 0 Å². The third-order valence-corrected chi connectivity index (χ3v) is 5.43. The van der Waals surface area contributed by atoms with Gasteiger partial charge in [0.2, 0.25) is 0 Å².